The Balaban J connectivity index is 1.98. The van der Waals surface area contributed by atoms with Crippen LogP contribution in [0.2, 0.25) is 0 Å². The molecular formula is C17H22N4OS. The van der Waals surface area contributed by atoms with Gasteiger partial charge in [0.25, 0.3) is 0 Å². The van der Waals surface area contributed by atoms with Crippen LogP contribution in [0.3, 0.4) is 0 Å². The van der Waals surface area contributed by atoms with Gasteiger partial charge in [-0.05, 0) is 43.4 Å². The highest BCUT2D eigenvalue weighted by molar-refractivity contribution is 7.80. The minimum Gasteiger partial charge on any atom is -0.383 e. The molecule has 0 saturated carbocycles. The molecule has 122 valence electrons. The van der Waals surface area contributed by atoms with E-state index < -0.39 is 0 Å². The molecule has 1 fully saturated rings. The fourth-order valence-corrected chi connectivity index (χ4v) is 3.53. The van der Waals surface area contributed by atoms with E-state index in [2.05, 4.69) is 51.1 Å². The Kier molecular flexibility index (Phi) is 4.93. The van der Waals surface area contributed by atoms with Crippen LogP contribution in [0.4, 0.5) is 0 Å². The number of hydrogen-bond acceptors (Lipinski definition) is 3. The van der Waals surface area contributed by atoms with Gasteiger partial charge in [-0.15, -0.1) is 0 Å². The van der Waals surface area contributed by atoms with Crippen molar-refractivity contribution in [2.24, 2.45) is 0 Å². The molecule has 0 aromatic carbocycles. The van der Waals surface area contributed by atoms with E-state index in [4.69, 9.17) is 17.0 Å². The summed E-state index contributed by atoms with van der Waals surface area (Å²) in [6.07, 6.45) is 3.93. The molecule has 5 nitrogen and oxygen atoms in total. The molecule has 23 heavy (non-hydrogen) atoms. The Morgan fingerprint density at radius 2 is 2.17 bits per heavy atom. The van der Waals surface area contributed by atoms with Crippen molar-refractivity contribution in [3.63, 3.8) is 0 Å². The maximum absolute atomic E-state index is 5.55. The Bertz CT molecular complexity index is 658. The molecule has 3 rings (SSSR count). The molecule has 1 N–H and O–H groups in total. The average Bonchev–Trinajstić information content (AvgIpc) is 3.17. The number of hydrogen-bond donors (Lipinski definition) is 1. The van der Waals surface area contributed by atoms with Gasteiger partial charge in [0.2, 0.25) is 0 Å². The summed E-state index contributed by atoms with van der Waals surface area (Å²) in [7, 11) is 1.73. The Morgan fingerprint density at radius 1 is 1.30 bits per heavy atom. The zero-order valence-electron chi connectivity index (χ0n) is 13.5. The summed E-state index contributed by atoms with van der Waals surface area (Å²) < 4.78 is 7.47. The molecule has 1 aliphatic rings. The lowest BCUT2D eigenvalue weighted by molar-refractivity contribution is 0.184. The third-order valence-electron chi connectivity index (χ3n) is 4.24. The molecule has 0 spiro atoms. The van der Waals surface area contributed by atoms with Gasteiger partial charge in [0, 0.05) is 38.3 Å². The van der Waals surface area contributed by atoms with Gasteiger partial charge in [0.1, 0.15) is 0 Å². The minimum atomic E-state index is 0.0554. The summed E-state index contributed by atoms with van der Waals surface area (Å²) in [6.45, 7) is 4.50. The standard InChI is InChI=1S/C17H22N4OS/c1-3-21-16(14-8-6-10-20(14)11-12-22-2)15(19-17(21)23)13-7-4-5-9-18-13/h4-10,15-16H,3,11-12H2,1-2H3,(H,19,23)/t15-,16-/m0/s1. The zero-order chi connectivity index (χ0) is 16.2. The lowest BCUT2D eigenvalue weighted by atomic mass is 10.0. The lowest BCUT2D eigenvalue weighted by Crippen LogP contribution is -2.30. The van der Waals surface area contributed by atoms with Crippen LogP contribution < -0.4 is 5.32 Å². The number of pyridine rings is 1. The first kappa shape index (κ1) is 16.0. The van der Waals surface area contributed by atoms with Crippen molar-refractivity contribution >= 4 is 17.3 Å². The van der Waals surface area contributed by atoms with Gasteiger partial charge in [-0.2, -0.15) is 0 Å². The number of ether oxygens (including phenoxy) is 1. The molecule has 6 heteroatoms. The Labute approximate surface area is 142 Å². The van der Waals surface area contributed by atoms with Gasteiger partial charge in [0.15, 0.2) is 5.11 Å². The topological polar surface area (TPSA) is 42.3 Å². The molecule has 0 amide bonds. The number of thiocarbonyl (C=S) groups is 1. The Hall–Kier alpha value is -1.92. The maximum Gasteiger partial charge on any atom is 0.170 e. The van der Waals surface area contributed by atoms with E-state index in [1.807, 2.05) is 18.3 Å². The molecule has 2 atom stereocenters. The van der Waals surface area contributed by atoms with E-state index >= 15 is 0 Å². The van der Waals surface area contributed by atoms with Gasteiger partial charge in [-0.25, -0.2) is 0 Å². The van der Waals surface area contributed by atoms with Gasteiger partial charge < -0.3 is 19.5 Å². The largest absolute Gasteiger partial charge is 0.383 e. The van der Waals surface area contributed by atoms with E-state index in [0.717, 1.165) is 23.9 Å². The molecule has 0 aliphatic carbocycles. The van der Waals surface area contributed by atoms with Gasteiger partial charge >= 0.3 is 0 Å². The highest BCUT2D eigenvalue weighted by atomic mass is 32.1. The number of likely N-dealkylation sites (N-methyl/N-ethyl adjacent to an activating group) is 1. The van der Waals surface area contributed by atoms with Crippen LogP contribution >= 0.6 is 12.2 Å². The summed E-state index contributed by atoms with van der Waals surface area (Å²) in [4.78, 5) is 6.76. The predicted octanol–water partition coefficient (Wildman–Crippen LogP) is 2.52. The van der Waals surface area contributed by atoms with Crippen LogP contribution in [-0.2, 0) is 11.3 Å². The molecule has 1 saturated heterocycles. The SMILES string of the molecule is CCN1C(=S)N[C@@H](c2ccccn2)[C@@H]1c1cccn1CCOC. The fraction of sp³-hybridized carbons (Fsp3) is 0.412. The van der Waals surface area contributed by atoms with Crippen molar-refractivity contribution < 1.29 is 4.74 Å². The second kappa shape index (κ2) is 7.10. The van der Waals surface area contributed by atoms with Crippen molar-refractivity contribution in [1.29, 1.82) is 0 Å². The quantitative estimate of drug-likeness (QED) is 0.825. The van der Waals surface area contributed by atoms with E-state index in [1.54, 1.807) is 7.11 Å². The normalized spacial score (nSPS) is 20.8. The van der Waals surface area contributed by atoms with Crippen LogP contribution in [0.25, 0.3) is 0 Å². The van der Waals surface area contributed by atoms with Crippen LogP contribution in [0.5, 0.6) is 0 Å². The summed E-state index contributed by atoms with van der Waals surface area (Å²) in [6, 6.07) is 10.4. The molecule has 2 aromatic rings. The zero-order valence-corrected chi connectivity index (χ0v) is 14.3. The second-order valence-electron chi connectivity index (χ2n) is 5.53. The van der Waals surface area contributed by atoms with Crippen molar-refractivity contribution in [2.45, 2.75) is 25.6 Å². The predicted molar refractivity (Wildman–Crippen MR) is 94.1 cm³/mol. The van der Waals surface area contributed by atoms with E-state index in [-0.39, 0.29) is 12.1 Å². The summed E-state index contributed by atoms with van der Waals surface area (Å²) >= 11 is 5.55. The number of methoxy groups -OCH3 is 1. The van der Waals surface area contributed by atoms with Gasteiger partial charge in [-0.1, -0.05) is 6.07 Å². The first-order valence-corrected chi connectivity index (χ1v) is 8.29. The first-order valence-electron chi connectivity index (χ1n) is 7.88. The molecule has 0 radical (unpaired) electrons. The van der Waals surface area contributed by atoms with E-state index in [1.165, 1.54) is 5.69 Å². The first-order chi connectivity index (χ1) is 11.3. The number of aromatic nitrogens is 2. The van der Waals surface area contributed by atoms with Gasteiger partial charge in [-0.3, -0.25) is 4.98 Å². The molecular weight excluding hydrogens is 308 g/mol. The van der Waals surface area contributed by atoms with Crippen LogP contribution in [0.15, 0.2) is 42.7 Å². The maximum atomic E-state index is 5.55. The van der Waals surface area contributed by atoms with E-state index in [0.29, 0.717) is 6.61 Å². The minimum absolute atomic E-state index is 0.0554. The second-order valence-corrected chi connectivity index (χ2v) is 5.92. The molecule has 2 aromatic heterocycles. The molecule has 1 aliphatic heterocycles. The highest BCUT2D eigenvalue weighted by Gasteiger charge is 2.40. The van der Waals surface area contributed by atoms with Crippen molar-refractivity contribution in [3.05, 3.63) is 54.1 Å². The summed E-state index contributed by atoms with van der Waals surface area (Å²) in [5.74, 6) is 0. The van der Waals surface area contributed by atoms with Crippen LogP contribution in [0, 0.1) is 0 Å². The third-order valence-corrected chi connectivity index (χ3v) is 4.59. The van der Waals surface area contributed by atoms with Crippen LogP contribution in [0.1, 0.15) is 30.4 Å². The van der Waals surface area contributed by atoms with Crippen molar-refractivity contribution in [2.75, 3.05) is 20.3 Å². The molecule has 0 unspecified atom stereocenters. The third kappa shape index (κ3) is 3.09. The molecule has 0 bridgehead atoms. The fourth-order valence-electron chi connectivity index (χ4n) is 3.16. The van der Waals surface area contributed by atoms with E-state index in [9.17, 15) is 0 Å². The number of nitrogens with one attached hydrogen (secondary N) is 1. The summed E-state index contributed by atoms with van der Waals surface area (Å²) in [5, 5.41) is 4.23. The van der Waals surface area contributed by atoms with Crippen molar-refractivity contribution in [3.8, 4) is 0 Å². The smallest absolute Gasteiger partial charge is 0.170 e. The lowest BCUT2D eigenvalue weighted by Gasteiger charge is -2.27. The highest BCUT2D eigenvalue weighted by Crippen LogP contribution is 2.38. The Morgan fingerprint density at radius 3 is 2.87 bits per heavy atom. The number of rotatable bonds is 6. The van der Waals surface area contributed by atoms with Crippen LogP contribution in [-0.4, -0.2) is 39.8 Å². The summed E-state index contributed by atoms with van der Waals surface area (Å²) in [5.41, 5.74) is 2.24. The van der Waals surface area contributed by atoms with Crippen molar-refractivity contribution in [1.82, 2.24) is 19.8 Å². The monoisotopic (exact) mass is 330 g/mol. The van der Waals surface area contributed by atoms with Gasteiger partial charge in [0.05, 0.1) is 24.4 Å². The average molecular weight is 330 g/mol. The molecule has 3 heterocycles. The number of nitrogens with zero attached hydrogens (tertiary/aromatic N) is 3.